The molecular formula is C16H29N3O. The summed E-state index contributed by atoms with van der Waals surface area (Å²) in [5.41, 5.74) is -0.121. The molecule has 3 aliphatic rings. The zero-order chi connectivity index (χ0) is 14.0. The van der Waals surface area contributed by atoms with E-state index < -0.39 is 0 Å². The maximum atomic E-state index is 12.6. The van der Waals surface area contributed by atoms with E-state index >= 15 is 0 Å². The Balaban J connectivity index is 1.46. The van der Waals surface area contributed by atoms with E-state index in [0.29, 0.717) is 11.8 Å². The van der Waals surface area contributed by atoms with Gasteiger partial charge in [-0.3, -0.25) is 4.79 Å². The molecule has 20 heavy (non-hydrogen) atoms. The van der Waals surface area contributed by atoms with Crippen LogP contribution in [0.3, 0.4) is 0 Å². The van der Waals surface area contributed by atoms with Crippen molar-refractivity contribution in [2.45, 2.75) is 51.5 Å². The zero-order valence-electron chi connectivity index (χ0n) is 12.8. The molecule has 1 saturated carbocycles. The highest BCUT2D eigenvalue weighted by atomic mass is 16.2. The van der Waals surface area contributed by atoms with E-state index in [0.717, 1.165) is 44.9 Å². The van der Waals surface area contributed by atoms with Crippen molar-refractivity contribution < 1.29 is 4.79 Å². The Morgan fingerprint density at radius 2 is 2.25 bits per heavy atom. The number of nitrogens with zero attached hydrogens (tertiary/aromatic N) is 1. The summed E-state index contributed by atoms with van der Waals surface area (Å²) >= 11 is 0. The van der Waals surface area contributed by atoms with Gasteiger partial charge in [-0.05, 0) is 51.1 Å². The molecule has 2 heterocycles. The predicted octanol–water partition coefficient (Wildman–Crippen LogP) is 1.37. The third kappa shape index (κ3) is 3.01. The molecule has 2 unspecified atom stereocenters. The van der Waals surface area contributed by atoms with Gasteiger partial charge in [-0.25, -0.2) is 0 Å². The van der Waals surface area contributed by atoms with E-state index in [1.165, 1.54) is 32.4 Å². The first-order valence-corrected chi connectivity index (χ1v) is 8.46. The largest absolute Gasteiger partial charge is 0.355 e. The molecule has 0 spiro atoms. The Kier molecular flexibility index (Phi) is 4.32. The van der Waals surface area contributed by atoms with Crippen molar-refractivity contribution in [3.63, 3.8) is 0 Å². The summed E-state index contributed by atoms with van der Waals surface area (Å²) in [5, 5.41) is 6.63. The van der Waals surface area contributed by atoms with Crippen LogP contribution in [0.2, 0.25) is 0 Å². The maximum absolute atomic E-state index is 12.6. The van der Waals surface area contributed by atoms with Crippen molar-refractivity contribution in [2.75, 3.05) is 32.7 Å². The van der Waals surface area contributed by atoms with Gasteiger partial charge >= 0.3 is 0 Å². The van der Waals surface area contributed by atoms with E-state index in [9.17, 15) is 4.79 Å². The summed E-state index contributed by atoms with van der Waals surface area (Å²) < 4.78 is 0. The minimum absolute atomic E-state index is 0.121. The fourth-order valence-electron chi connectivity index (χ4n) is 3.97. The third-order valence-electron chi connectivity index (χ3n) is 5.39. The molecule has 4 heteroatoms. The minimum atomic E-state index is -0.121. The highest BCUT2D eigenvalue weighted by Gasteiger charge is 2.40. The number of nitrogens with one attached hydrogen (secondary N) is 2. The second-order valence-electron chi connectivity index (χ2n) is 7.05. The number of carbonyl (C=O) groups is 1. The summed E-state index contributed by atoms with van der Waals surface area (Å²) in [4.78, 5) is 15.2. The second-order valence-corrected chi connectivity index (χ2v) is 7.05. The molecule has 0 aromatic heterocycles. The highest BCUT2D eigenvalue weighted by Crippen LogP contribution is 2.33. The van der Waals surface area contributed by atoms with Crippen LogP contribution in [0.4, 0.5) is 0 Å². The van der Waals surface area contributed by atoms with Crippen LogP contribution in [0.15, 0.2) is 0 Å². The Morgan fingerprint density at radius 3 is 2.90 bits per heavy atom. The molecule has 2 aliphatic heterocycles. The molecule has 1 amide bonds. The Morgan fingerprint density at radius 1 is 1.40 bits per heavy atom. The van der Waals surface area contributed by atoms with Crippen LogP contribution < -0.4 is 10.6 Å². The van der Waals surface area contributed by atoms with Gasteiger partial charge in [-0.1, -0.05) is 13.3 Å². The van der Waals surface area contributed by atoms with Gasteiger partial charge < -0.3 is 15.5 Å². The van der Waals surface area contributed by atoms with Crippen molar-refractivity contribution in [3.8, 4) is 0 Å². The maximum Gasteiger partial charge on any atom is 0.227 e. The molecular weight excluding hydrogens is 250 g/mol. The lowest BCUT2D eigenvalue weighted by atomic mass is 9.81. The average molecular weight is 279 g/mol. The lowest BCUT2D eigenvalue weighted by Gasteiger charge is -2.27. The fraction of sp³-hybridized carbons (Fsp3) is 0.938. The monoisotopic (exact) mass is 279 g/mol. The van der Waals surface area contributed by atoms with Gasteiger partial charge in [0.2, 0.25) is 5.91 Å². The van der Waals surface area contributed by atoms with E-state index in [2.05, 4.69) is 22.5 Å². The molecule has 0 radical (unpaired) electrons. The van der Waals surface area contributed by atoms with Gasteiger partial charge in [0.25, 0.3) is 0 Å². The van der Waals surface area contributed by atoms with Crippen LogP contribution in [-0.4, -0.2) is 49.6 Å². The van der Waals surface area contributed by atoms with Crippen molar-refractivity contribution in [2.24, 2.45) is 11.3 Å². The molecule has 0 aromatic rings. The number of rotatable bonds is 6. The van der Waals surface area contributed by atoms with Gasteiger partial charge in [0.1, 0.15) is 0 Å². The summed E-state index contributed by atoms with van der Waals surface area (Å²) in [5.74, 6) is 0.974. The number of likely N-dealkylation sites (tertiary alicyclic amines) is 1. The van der Waals surface area contributed by atoms with Crippen LogP contribution >= 0.6 is 0 Å². The second kappa shape index (κ2) is 6.02. The fourth-order valence-corrected chi connectivity index (χ4v) is 3.97. The SMILES string of the molecule is CCCC1(C(=O)NCC2CCN(C3CC3)C2)CCNC1. The van der Waals surface area contributed by atoms with Crippen molar-refractivity contribution in [3.05, 3.63) is 0 Å². The van der Waals surface area contributed by atoms with Gasteiger partial charge in [-0.2, -0.15) is 0 Å². The Bertz CT molecular complexity index is 348. The molecule has 3 fully saturated rings. The van der Waals surface area contributed by atoms with Crippen molar-refractivity contribution in [1.29, 1.82) is 0 Å². The lowest BCUT2D eigenvalue weighted by molar-refractivity contribution is -0.130. The zero-order valence-corrected chi connectivity index (χ0v) is 12.8. The van der Waals surface area contributed by atoms with E-state index in [1.54, 1.807) is 0 Å². The Labute approximate surface area is 122 Å². The third-order valence-corrected chi connectivity index (χ3v) is 5.39. The number of amides is 1. The standard InChI is InChI=1S/C16H29N3O/c1-2-6-16(7-8-17-12-16)15(20)18-10-13-5-9-19(11-13)14-3-4-14/h13-14,17H,2-12H2,1H3,(H,18,20). The average Bonchev–Trinajstić information content (AvgIpc) is 3.01. The van der Waals surface area contributed by atoms with Crippen LogP contribution in [0.1, 0.15) is 45.4 Å². The minimum Gasteiger partial charge on any atom is -0.355 e. The summed E-state index contributed by atoms with van der Waals surface area (Å²) in [7, 11) is 0. The predicted molar refractivity (Wildman–Crippen MR) is 80.5 cm³/mol. The normalized spacial score (nSPS) is 34.5. The summed E-state index contributed by atoms with van der Waals surface area (Å²) in [6.45, 7) is 7.36. The van der Waals surface area contributed by atoms with Gasteiger partial charge in [0, 0.05) is 25.7 Å². The summed E-state index contributed by atoms with van der Waals surface area (Å²) in [6.07, 6.45) is 7.16. The summed E-state index contributed by atoms with van der Waals surface area (Å²) in [6, 6.07) is 0.876. The van der Waals surface area contributed by atoms with Crippen LogP contribution in [0.25, 0.3) is 0 Å². The van der Waals surface area contributed by atoms with Gasteiger partial charge in [-0.15, -0.1) is 0 Å². The van der Waals surface area contributed by atoms with E-state index in [1.807, 2.05) is 0 Å². The van der Waals surface area contributed by atoms with Gasteiger partial charge in [0.15, 0.2) is 0 Å². The van der Waals surface area contributed by atoms with Crippen LogP contribution in [0.5, 0.6) is 0 Å². The van der Waals surface area contributed by atoms with E-state index in [4.69, 9.17) is 0 Å². The first kappa shape index (κ1) is 14.3. The smallest absolute Gasteiger partial charge is 0.227 e. The molecule has 1 aliphatic carbocycles. The molecule has 4 nitrogen and oxygen atoms in total. The lowest BCUT2D eigenvalue weighted by Crippen LogP contribution is -2.44. The van der Waals surface area contributed by atoms with Crippen molar-refractivity contribution in [1.82, 2.24) is 15.5 Å². The molecule has 0 bridgehead atoms. The molecule has 2 atom stereocenters. The quantitative estimate of drug-likeness (QED) is 0.772. The molecule has 2 N–H and O–H groups in total. The molecule has 2 saturated heterocycles. The Hall–Kier alpha value is -0.610. The van der Waals surface area contributed by atoms with Crippen molar-refractivity contribution >= 4 is 5.91 Å². The molecule has 3 rings (SSSR count). The first-order valence-electron chi connectivity index (χ1n) is 8.46. The van der Waals surface area contributed by atoms with Crippen LogP contribution in [0, 0.1) is 11.3 Å². The molecule has 0 aromatic carbocycles. The van der Waals surface area contributed by atoms with Crippen LogP contribution in [-0.2, 0) is 4.79 Å². The van der Waals surface area contributed by atoms with Gasteiger partial charge in [0.05, 0.1) is 5.41 Å². The number of carbonyl (C=O) groups excluding carboxylic acids is 1. The topological polar surface area (TPSA) is 44.4 Å². The van der Waals surface area contributed by atoms with E-state index in [-0.39, 0.29) is 5.41 Å². The molecule has 114 valence electrons. The first-order chi connectivity index (χ1) is 9.73. The number of hydrogen-bond donors (Lipinski definition) is 2. The highest BCUT2D eigenvalue weighted by molar-refractivity contribution is 5.83. The number of hydrogen-bond acceptors (Lipinski definition) is 3.